The Balaban J connectivity index is 2.13. The molecule has 0 N–H and O–H groups in total. The van der Waals surface area contributed by atoms with E-state index < -0.39 is 0 Å². The van der Waals surface area contributed by atoms with Gasteiger partial charge in [0.1, 0.15) is 5.75 Å². The van der Waals surface area contributed by atoms with Gasteiger partial charge >= 0.3 is 0 Å². The molecule has 3 heteroatoms. The van der Waals surface area contributed by atoms with Gasteiger partial charge < -0.3 is 0 Å². The summed E-state index contributed by atoms with van der Waals surface area (Å²) in [6.45, 7) is 0. The molecule has 0 nitrogen and oxygen atoms in total. The molecule has 0 aliphatic carbocycles. The van der Waals surface area contributed by atoms with Gasteiger partial charge in [0.25, 0.3) is 0 Å². The van der Waals surface area contributed by atoms with Gasteiger partial charge in [0.05, 0.1) is 20.7 Å². The highest BCUT2D eigenvalue weighted by atomic mass is 33.1. The van der Waals surface area contributed by atoms with Gasteiger partial charge in [0.2, 0.25) is 0 Å². The van der Waals surface area contributed by atoms with Crippen molar-refractivity contribution in [2.45, 2.75) is 12.8 Å². The molecule has 0 spiro atoms. The fourth-order valence-corrected chi connectivity index (χ4v) is 5.16. The maximum Gasteiger partial charge on any atom is 0.162 e. The third kappa shape index (κ3) is 2.11. The summed E-state index contributed by atoms with van der Waals surface area (Å²) in [7, 11) is 2.74. The second-order valence-corrected chi connectivity index (χ2v) is 6.89. The van der Waals surface area contributed by atoms with Crippen molar-refractivity contribution in [1.82, 2.24) is 0 Å². The molecule has 0 bridgehead atoms. The van der Waals surface area contributed by atoms with Crippen molar-refractivity contribution in [1.29, 1.82) is 0 Å². The molecule has 0 saturated carbocycles. The van der Waals surface area contributed by atoms with Gasteiger partial charge in [0, 0.05) is 5.75 Å². The lowest BCUT2D eigenvalue weighted by Gasteiger charge is -2.07. The Morgan fingerprint density at radius 3 is 2.75 bits per heavy atom. The minimum Gasteiger partial charge on any atom is -0.125 e. The minimum absolute atomic E-state index is 0.629. The molecule has 1 aliphatic rings. The fourth-order valence-electron chi connectivity index (χ4n) is 0.703. The van der Waals surface area contributed by atoms with Gasteiger partial charge in [0.15, 0.2) is 5.08 Å². The van der Waals surface area contributed by atoms with Crippen LogP contribution in [0, 0.1) is 0 Å². The first-order valence-corrected chi connectivity index (χ1v) is 6.55. The standard InChI is InChI=1S/C5H10S3/c6-5-8-4-2-1-3-7-8/h1-5H2/p+1. The van der Waals surface area contributed by atoms with Crippen molar-refractivity contribution in [2.24, 2.45) is 0 Å². The van der Waals surface area contributed by atoms with Crippen molar-refractivity contribution < 1.29 is 0 Å². The summed E-state index contributed by atoms with van der Waals surface area (Å²) in [6.07, 6.45) is 2.87. The number of thiol groups is 1. The van der Waals surface area contributed by atoms with Gasteiger partial charge in [-0.1, -0.05) is 0 Å². The second-order valence-electron chi connectivity index (χ2n) is 1.80. The average molecular weight is 167 g/mol. The van der Waals surface area contributed by atoms with Crippen LogP contribution in [0.15, 0.2) is 0 Å². The lowest BCUT2D eigenvalue weighted by Crippen LogP contribution is -2.10. The molecule has 1 atom stereocenters. The average Bonchev–Trinajstić information content (AvgIpc) is 1.90. The Labute approximate surface area is 63.0 Å². The summed E-state index contributed by atoms with van der Waals surface area (Å²) >= 11 is 4.26. The normalized spacial score (nSPS) is 30.4. The smallest absolute Gasteiger partial charge is 0.125 e. The Kier molecular flexibility index (Phi) is 3.55. The van der Waals surface area contributed by atoms with Crippen LogP contribution >= 0.6 is 23.4 Å². The topological polar surface area (TPSA) is 0 Å². The highest BCUT2D eigenvalue weighted by Gasteiger charge is 2.21. The van der Waals surface area contributed by atoms with Crippen molar-refractivity contribution in [3.05, 3.63) is 0 Å². The van der Waals surface area contributed by atoms with E-state index >= 15 is 0 Å². The second kappa shape index (κ2) is 3.96. The lowest BCUT2D eigenvalue weighted by atomic mass is 10.4. The molecular formula is C5H11S3+. The summed E-state index contributed by atoms with van der Waals surface area (Å²) in [5.74, 6) is 2.80. The molecule has 1 rings (SSSR count). The fraction of sp³-hybridized carbons (Fsp3) is 1.00. The SMILES string of the molecule is SC[S+]1CCCCS1. The van der Waals surface area contributed by atoms with E-state index in [9.17, 15) is 0 Å². The van der Waals surface area contributed by atoms with E-state index in [0.717, 1.165) is 5.08 Å². The molecule has 0 aromatic rings. The van der Waals surface area contributed by atoms with Crippen LogP contribution in [0.4, 0.5) is 0 Å². The molecule has 1 saturated heterocycles. The van der Waals surface area contributed by atoms with Gasteiger partial charge in [-0.05, 0) is 12.8 Å². The Morgan fingerprint density at radius 1 is 1.50 bits per heavy atom. The number of rotatable bonds is 1. The Morgan fingerprint density at radius 2 is 2.38 bits per heavy atom. The maximum absolute atomic E-state index is 4.26. The summed E-state index contributed by atoms with van der Waals surface area (Å²) < 4.78 is 0. The number of hydrogen-bond acceptors (Lipinski definition) is 2. The zero-order chi connectivity index (χ0) is 5.82. The molecule has 0 radical (unpaired) electrons. The third-order valence-corrected chi connectivity index (χ3v) is 6.79. The molecule has 48 valence electrons. The van der Waals surface area contributed by atoms with Gasteiger partial charge in [-0.3, -0.25) is 0 Å². The zero-order valence-corrected chi connectivity index (χ0v) is 7.33. The maximum atomic E-state index is 4.26. The molecular weight excluding hydrogens is 156 g/mol. The molecule has 1 heterocycles. The van der Waals surface area contributed by atoms with E-state index in [1.54, 1.807) is 0 Å². The Hall–Kier alpha value is 1.05. The first kappa shape index (κ1) is 7.16. The summed E-state index contributed by atoms with van der Waals surface area (Å²) in [6, 6.07) is 0. The monoisotopic (exact) mass is 167 g/mol. The van der Waals surface area contributed by atoms with E-state index in [2.05, 4.69) is 23.4 Å². The van der Waals surface area contributed by atoms with Crippen LogP contribution in [-0.2, 0) is 9.93 Å². The minimum atomic E-state index is 0.629. The first-order valence-electron chi connectivity index (χ1n) is 2.85. The molecule has 0 amide bonds. The lowest BCUT2D eigenvalue weighted by molar-refractivity contribution is 0.902. The van der Waals surface area contributed by atoms with Crippen LogP contribution < -0.4 is 0 Å². The van der Waals surface area contributed by atoms with E-state index in [0.29, 0.717) is 9.93 Å². The van der Waals surface area contributed by atoms with Crippen LogP contribution in [0.5, 0.6) is 0 Å². The van der Waals surface area contributed by atoms with Gasteiger partial charge in [-0.2, -0.15) is 0 Å². The third-order valence-electron chi connectivity index (χ3n) is 1.16. The predicted octanol–water partition coefficient (Wildman–Crippen LogP) is 1.93. The quantitative estimate of drug-likeness (QED) is 0.354. The summed E-state index contributed by atoms with van der Waals surface area (Å²) in [5.41, 5.74) is 0. The summed E-state index contributed by atoms with van der Waals surface area (Å²) in [4.78, 5) is 0. The van der Waals surface area contributed by atoms with Gasteiger partial charge in [-0.25, -0.2) is 0 Å². The first-order chi connectivity index (χ1) is 3.93. The van der Waals surface area contributed by atoms with Crippen LogP contribution in [-0.4, -0.2) is 16.6 Å². The highest BCUT2D eigenvalue weighted by Crippen LogP contribution is 2.25. The Bertz CT molecular complexity index is 58.7. The van der Waals surface area contributed by atoms with Crippen molar-refractivity contribution >= 4 is 33.3 Å². The van der Waals surface area contributed by atoms with Gasteiger partial charge in [-0.15, -0.1) is 12.6 Å². The molecule has 8 heavy (non-hydrogen) atoms. The predicted molar refractivity (Wildman–Crippen MR) is 47.8 cm³/mol. The largest absolute Gasteiger partial charge is 0.162 e. The molecule has 1 aliphatic heterocycles. The van der Waals surface area contributed by atoms with Crippen LogP contribution in [0.25, 0.3) is 0 Å². The molecule has 0 aromatic heterocycles. The van der Waals surface area contributed by atoms with Crippen LogP contribution in [0.1, 0.15) is 12.8 Å². The van der Waals surface area contributed by atoms with E-state index in [-0.39, 0.29) is 0 Å². The van der Waals surface area contributed by atoms with E-state index in [1.807, 2.05) is 0 Å². The van der Waals surface area contributed by atoms with Crippen LogP contribution in [0.2, 0.25) is 0 Å². The van der Waals surface area contributed by atoms with E-state index in [1.165, 1.54) is 24.3 Å². The van der Waals surface area contributed by atoms with E-state index in [4.69, 9.17) is 0 Å². The molecule has 0 aromatic carbocycles. The van der Waals surface area contributed by atoms with Crippen molar-refractivity contribution in [3.63, 3.8) is 0 Å². The zero-order valence-electron chi connectivity index (χ0n) is 4.80. The molecule has 1 unspecified atom stereocenters. The number of hydrogen-bond donors (Lipinski definition) is 1. The summed E-state index contributed by atoms with van der Waals surface area (Å²) in [5, 5.41) is 1.10. The van der Waals surface area contributed by atoms with Crippen molar-refractivity contribution in [2.75, 3.05) is 16.6 Å². The van der Waals surface area contributed by atoms with Crippen LogP contribution in [0.3, 0.4) is 0 Å². The highest BCUT2D eigenvalue weighted by molar-refractivity contribution is 8.75. The molecule has 1 fully saturated rings. The van der Waals surface area contributed by atoms with Crippen molar-refractivity contribution in [3.8, 4) is 0 Å².